The number of likely N-dealkylation sites (N-methyl/N-ethyl adjacent to an activating group) is 1. The lowest BCUT2D eigenvalue weighted by Gasteiger charge is -2.25. The second-order valence-electron chi connectivity index (χ2n) is 3.14. The average Bonchev–Trinajstić information content (AvgIpc) is 2.13. The first-order valence-corrected chi connectivity index (χ1v) is 6.03. The van der Waals surface area contributed by atoms with Gasteiger partial charge in [-0.1, -0.05) is 12.2 Å². The Morgan fingerprint density at radius 2 is 2.00 bits per heavy atom. The first kappa shape index (κ1) is 13.8. The maximum Gasteiger partial charge on any atom is 0.223 e. The summed E-state index contributed by atoms with van der Waals surface area (Å²) < 4.78 is 24.5. The van der Waals surface area contributed by atoms with Gasteiger partial charge in [-0.25, -0.2) is 8.42 Å². The van der Waals surface area contributed by atoms with Crippen molar-refractivity contribution in [3.63, 3.8) is 0 Å². The lowest BCUT2D eigenvalue weighted by Crippen LogP contribution is -2.45. The number of nitrogens with zero attached hydrogens (tertiary/aromatic N) is 1. The first-order chi connectivity index (χ1) is 6.25. The van der Waals surface area contributed by atoms with E-state index >= 15 is 0 Å². The number of aliphatic hydroxyl groups is 1. The molecule has 0 aliphatic rings. The standard InChI is InChI=1S/C7H16N2O3S2/c1-5(4-10)9(3)14(11,12)6(2)7(8)13/h5-6,10H,4H2,1-3H3,(H2,8,13). The number of hydrogen-bond acceptors (Lipinski definition) is 4. The quantitative estimate of drug-likeness (QED) is 0.621. The number of hydrogen-bond donors (Lipinski definition) is 2. The van der Waals surface area contributed by atoms with Gasteiger partial charge in [-0.05, 0) is 13.8 Å². The van der Waals surface area contributed by atoms with Gasteiger partial charge >= 0.3 is 0 Å². The van der Waals surface area contributed by atoms with Gasteiger partial charge in [0.2, 0.25) is 10.0 Å². The third-order valence-corrected chi connectivity index (χ3v) is 4.95. The van der Waals surface area contributed by atoms with Crippen LogP contribution in [0.5, 0.6) is 0 Å². The third-order valence-electron chi connectivity index (χ3n) is 2.13. The Balaban J connectivity index is 4.88. The predicted molar refractivity (Wildman–Crippen MR) is 59.5 cm³/mol. The topological polar surface area (TPSA) is 83.6 Å². The van der Waals surface area contributed by atoms with Crippen molar-refractivity contribution in [2.45, 2.75) is 25.1 Å². The van der Waals surface area contributed by atoms with Crippen molar-refractivity contribution in [3.8, 4) is 0 Å². The molecule has 0 saturated heterocycles. The van der Waals surface area contributed by atoms with Crippen LogP contribution in [0.25, 0.3) is 0 Å². The second-order valence-corrected chi connectivity index (χ2v) is 5.92. The van der Waals surface area contributed by atoms with E-state index in [9.17, 15) is 8.42 Å². The van der Waals surface area contributed by atoms with Crippen molar-refractivity contribution >= 4 is 27.2 Å². The Morgan fingerprint density at radius 3 is 2.29 bits per heavy atom. The van der Waals surface area contributed by atoms with E-state index in [2.05, 4.69) is 12.2 Å². The van der Waals surface area contributed by atoms with Crippen LogP contribution in [0.2, 0.25) is 0 Å². The van der Waals surface area contributed by atoms with Crippen molar-refractivity contribution in [1.29, 1.82) is 0 Å². The molecule has 2 atom stereocenters. The molecule has 0 aromatic carbocycles. The molecule has 14 heavy (non-hydrogen) atoms. The molecular formula is C7H16N2O3S2. The van der Waals surface area contributed by atoms with Gasteiger partial charge < -0.3 is 10.8 Å². The number of rotatable bonds is 5. The summed E-state index contributed by atoms with van der Waals surface area (Å²) in [6.45, 7) is 2.79. The number of nitrogens with two attached hydrogens (primary N) is 1. The van der Waals surface area contributed by atoms with Crippen LogP contribution in [0.4, 0.5) is 0 Å². The molecule has 0 fully saturated rings. The van der Waals surface area contributed by atoms with Crippen LogP contribution in [-0.4, -0.2) is 47.8 Å². The Hall–Kier alpha value is -0.240. The van der Waals surface area contributed by atoms with Crippen LogP contribution >= 0.6 is 12.2 Å². The highest BCUT2D eigenvalue weighted by atomic mass is 32.2. The number of thiocarbonyl (C=S) groups is 1. The molecular weight excluding hydrogens is 224 g/mol. The minimum absolute atomic E-state index is 0.0676. The summed E-state index contributed by atoms with van der Waals surface area (Å²) >= 11 is 4.62. The molecule has 0 aromatic heterocycles. The van der Waals surface area contributed by atoms with Crippen molar-refractivity contribution < 1.29 is 13.5 Å². The normalized spacial score (nSPS) is 16.6. The Morgan fingerprint density at radius 1 is 1.57 bits per heavy atom. The molecule has 0 aliphatic carbocycles. The van der Waals surface area contributed by atoms with Crippen molar-refractivity contribution in [2.75, 3.05) is 13.7 Å². The van der Waals surface area contributed by atoms with Gasteiger partial charge in [0, 0.05) is 13.1 Å². The molecule has 0 heterocycles. The Kier molecular flexibility index (Phi) is 4.93. The van der Waals surface area contributed by atoms with Crippen LogP contribution in [-0.2, 0) is 10.0 Å². The van der Waals surface area contributed by atoms with E-state index in [-0.39, 0.29) is 11.6 Å². The van der Waals surface area contributed by atoms with Crippen LogP contribution < -0.4 is 5.73 Å². The molecule has 0 aliphatic heterocycles. The zero-order chi connectivity index (χ0) is 11.5. The minimum Gasteiger partial charge on any atom is -0.395 e. The smallest absolute Gasteiger partial charge is 0.223 e. The third kappa shape index (κ3) is 2.88. The molecule has 0 aromatic rings. The van der Waals surface area contributed by atoms with Crippen LogP contribution in [0.15, 0.2) is 0 Å². The summed E-state index contributed by atoms with van der Waals surface area (Å²) in [4.78, 5) is -0.0676. The van der Waals surface area contributed by atoms with E-state index in [1.165, 1.54) is 14.0 Å². The monoisotopic (exact) mass is 240 g/mol. The molecule has 3 N–H and O–H groups in total. The van der Waals surface area contributed by atoms with Crippen LogP contribution in [0.3, 0.4) is 0 Å². The van der Waals surface area contributed by atoms with Gasteiger partial charge in [-0.15, -0.1) is 0 Å². The molecule has 5 nitrogen and oxygen atoms in total. The highest BCUT2D eigenvalue weighted by Gasteiger charge is 2.30. The van der Waals surface area contributed by atoms with Gasteiger partial charge in [0.15, 0.2) is 0 Å². The van der Waals surface area contributed by atoms with Gasteiger partial charge in [0.1, 0.15) is 5.25 Å². The summed E-state index contributed by atoms with van der Waals surface area (Å²) in [6, 6.07) is -0.475. The van der Waals surface area contributed by atoms with Crippen LogP contribution in [0, 0.1) is 0 Å². The Labute approximate surface area is 89.9 Å². The van der Waals surface area contributed by atoms with Crippen LogP contribution in [0.1, 0.15) is 13.8 Å². The fourth-order valence-corrected chi connectivity index (χ4v) is 2.49. The number of aliphatic hydroxyl groups excluding tert-OH is 1. The predicted octanol–water partition coefficient (Wildman–Crippen LogP) is -0.697. The molecule has 7 heteroatoms. The molecule has 84 valence electrons. The van der Waals surface area contributed by atoms with Gasteiger partial charge in [0.25, 0.3) is 0 Å². The number of sulfonamides is 1. The van der Waals surface area contributed by atoms with E-state index < -0.39 is 21.3 Å². The largest absolute Gasteiger partial charge is 0.395 e. The van der Waals surface area contributed by atoms with E-state index in [1.54, 1.807) is 6.92 Å². The van der Waals surface area contributed by atoms with Crippen molar-refractivity contribution in [3.05, 3.63) is 0 Å². The summed E-state index contributed by atoms with van der Waals surface area (Å²) in [6.07, 6.45) is 0. The van der Waals surface area contributed by atoms with Crippen molar-refractivity contribution in [2.24, 2.45) is 5.73 Å². The van der Waals surface area contributed by atoms with E-state index in [0.717, 1.165) is 4.31 Å². The zero-order valence-corrected chi connectivity index (χ0v) is 10.1. The summed E-state index contributed by atoms with van der Waals surface area (Å²) in [5.74, 6) is 0. The molecule has 2 unspecified atom stereocenters. The highest BCUT2D eigenvalue weighted by Crippen LogP contribution is 2.10. The van der Waals surface area contributed by atoms with E-state index in [0.29, 0.717) is 0 Å². The summed E-state index contributed by atoms with van der Waals surface area (Å²) in [7, 11) is -2.15. The summed E-state index contributed by atoms with van der Waals surface area (Å²) in [5, 5.41) is 7.91. The maximum absolute atomic E-state index is 11.7. The SMILES string of the molecule is CC(CO)N(C)S(=O)(=O)C(C)C(N)=S. The fraction of sp³-hybridized carbons (Fsp3) is 0.857. The molecule has 0 amide bonds. The minimum atomic E-state index is -3.54. The molecule has 0 rings (SSSR count). The van der Waals surface area contributed by atoms with Gasteiger partial charge in [-0.3, -0.25) is 0 Å². The molecule has 0 spiro atoms. The van der Waals surface area contributed by atoms with Crippen molar-refractivity contribution in [1.82, 2.24) is 4.31 Å². The fourth-order valence-electron chi connectivity index (χ4n) is 0.762. The van der Waals surface area contributed by atoms with E-state index in [1.807, 2.05) is 0 Å². The first-order valence-electron chi connectivity index (χ1n) is 4.12. The van der Waals surface area contributed by atoms with E-state index in [4.69, 9.17) is 10.8 Å². The second kappa shape index (κ2) is 5.01. The highest BCUT2D eigenvalue weighted by molar-refractivity contribution is 7.92. The maximum atomic E-state index is 11.7. The molecule has 0 radical (unpaired) electrons. The Bertz CT molecular complexity index is 302. The average molecular weight is 240 g/mol. The lowest BCUT2D eigenvalue weighted by atomic mass is 10.4. The van der Waals surface area contributed by atoms with Gasteiger partial charge in [-0.2, -0.15) is 4.31 Å². The molecule has 0 saturated carbocycles. The lowest BCUT2D eigenvalue weighted by molar-refractivity contribution is 0.213. The van der Waals surface area contributed by atoms with Gasteiger partial charge in [0.05, 0.1) is 11.6 Å². The molecule has 0 bridgehead atoms. The summed E-state index contributed by atoms with van der Waals surface area (Å²) in [5.41, 5.74) is 5.26. The zero-order valence-electron chi connectivity index (χ0n) is 8.47.